The first kappa shape index (κ1) is 13.5. The van der Waals surface area contributed by atoms with E-state index in [9.17, 15) is 4.21 Å². The molecule has 0 spiro atoms. The van der Waals surface area contributed by atoms with Gasteiger partial charge in [0, 0.05) is 6.04 Å². The Bertz CT molecular complexity index is 496. The van der Waals surface area contributed by atoms with Crippen molar-refractivity contribution >= 4 is 22.1 Å². The number of nitrogens with one attached hydrogen (secondary N) is 1. The van der Waals surface area contributed by atoms with Gasteiger partial charge < -0.3 is 5.32 Å². The summed E-state index contributed by atoms with van der Waals surface area (Å²) in [5.41, 5.74) is 1.18. The van der Waals surface area contributed by atoms with E-state index < -0.39 is 10.8 Å². The first-order valence-corrected chi connectivity index (χ1v) is 7.99. The van der Waals surface area contributed by atoms with Crippen LogP contribution >= 0.6 is 11.3 Å². The molecule has 0 saturated heterocycles. The molecule has 2 aromatic rings. The van der Waals surface area contributed by atoms with E-state index in [2.05, 4.69) is 17.4 Å². The molecule has 4 heteroatoms. The standard InChI is InChI=1S/C14H17NOS2/c1-11(18(16)13-9-6-10-17-13)14(15-2)12-7-4-3-5-8-12/h3-11,14-15H,1-2H3. The Morgan fingerprint density at radius 3 is 2.44 bits per heavy atom. The molecule has 3 atom stereocenters. The summed E-state index contributed by atoms with van der Waals surface area (Å²) in [5, 5.41) is 5.28. The minimum atomic E-state index is -0.971. The van der Waals surface area contributed by atoms with Crippen molar-refractivity contribution in [3.63, 3.8) is 0 Å². The fraction of sp³-hybridized carbons (Fsp3) is 0.286. The first-order chi connectivity index (χ1) is 8.74. The number of hydrogen-bond acceptors (Lipinski definition) is 3. The fourth-order valence-corrected chi connectivity index (χ4v) is 4.59. The van der Waals surface area contributed by atoms with Crippen molar-refractivity contribution in [1.29, 1.82) is 0 Å². The van der Waals surface area contributed by atoms with Crippen molar-refractivity contribution in [3.05, 3.63) is 53.4 Å². The maximum absolute atomic E-state index is 12.5. The Balaban J connectivity index is 2.21. The second kappa shape index (κ2) is 6.27. The molecule has 1 N–H and O–H groups in total. The van der Waals surface area contributed by atoms with Gasteiger partial charge >= 0.3 is 0 Å². The van der Waals surface area contributed by atoms with Crippen molar-refractivity contribution in [3.8, 4) is 0 Å². The van der Waals surface area contributed by atoms with E-state index in [1.165, 1.54) is 5.56 Å². The Hall–Kier alpha value is -0.970. The molecule has 0 bridgehead atoms. The molecule has 1 heterocycles. The summed E-state index contributed by atoms with van der Waals surface area (Å²) in [4.78, 5) is 0. The Kier molecular flexibility index (Phi) is 4.69. The maximum Gasteiger partial charge on any atom is 0.0914 e. The minimum absolute atomic E-state index is 0.0380. The monoisotopic (exact) mass is 279 g/mol. The largest absolute Gasteiger partial charge is 0.312 e. The highest BCUT2D eigenvalue weighted by molar-refractivity contribution is 7.87. The van der Waals surface area contributed by atoms with Crippen molar-refractivity contribution in [1.82, 2.24) is 5.32 Å². The average Bonchev–Trinajstić information content (AvgIpc) is 2.94. The quantitative estimate of drug-likeness (QED) is 0.910. The molecule has 0 radical (unpaired) electrons. The van der Waals surface area contributed by atoms with Crippen molar-refractivity contribution < 1.29 is 4.21 Å². The predicted molar refractivity (Wildman–Crippen MR) is 78.4 cm³/mol. The number of benzene rings is 1. The second-order valence-electron chi connectivity index (χ2n) is 4.11. The van der Waals surface area contributed by atoms with Crippen LogP contribution in [0.25, 0.3) is 0 Å². The molecule has 2 nitrogen and oxygen atoms in total. The van der Waals surface area contributed by atoms with Gasteiger partial charge in [0.15, 0.2) is 0 Å². The zero-order chi connectivity index (χ0) is 13.0. The van der Waals surface area contributed by atoms with Crippen LogP contribution in [0.15, 0.2) is 52.1 Å². The van der Waals surface area contributed by atoms with E-state index in [-0.39, 0.29) is 11.3 Å². The molecule has 0 fully saturated rings. The van der Waals surface area contributed by atoms with Gasteiger partial charge in [0.1, 0.15) is 0 Å². The summed E-state index contributed by atoms with van der Waals surface area (Å²) in [7, 11) is 0.945. The van der Waals surface area contributed by atoms with Crippen molar-refractivity contribution in [2.75, 3.05) is 7.05 Å². The van der Waals surface area contributed by atoms with E-state index in [1.54, 1.807) is 11.3 Å². The predicted octanol–water partition coefficient (Wildman–Crippen LogP) is 3.20. The fourth-order valence-electron chi connectivity index (χ4n) is 2.02. The second-order valence-corrected chi connectivity index (χ2v) is 7.10. The summed E-state index contributed by atoms with van der Waals surface area (Å²) in [6.07, 6.45) is 0. The molecule has 0 aliphatic carbocycles. The molecule has 2 rings (SSSR count). The van der Waals surface area contributed by atoms with Gasteiger partial charge in [-0.25, -0.2) is 0 Å². The first-order valence-electron chi connectivity index (χ1n) is 5.90. The summed E-state index contributed by atoms with van der Waals surface area (Å²) in [5.74, 6) is 0. The molecule has 0 aliphatic heterocycles. The van der Waals surface area contributed by atoms with Crippen molar-refractivity contribution in [2.45, 2.75) is 22.4 Å². The van der Waals surface area contributed by atoms with Crippen LogP contribution in [0.5, 0.6) is 0 Å². The molecule has 96 valence electrons. The van der Waals surface area contributed by atoms with Crippen LogP contribution in [0.3, 0.4) is 0 Å². The van der Waals surface area contributed by atoms with E-state index >= 15 is 0 Å². The zero-order valence-electron chi connectivity index (χ0n) is 10.5. The lowest BCUT2D eigenvalue weighted by Gasteiger charge is -2.23. The number of hydrogen-bond donors (Lipinski definition) is 1. The zero-order valence-corrected chi connectivity index (χ0v) is 12.1. The van der Waals surface area contributed by atoms with Gasteiger partial charge in [0.2, 0.25) is 0 Å². The van der Waals surface area contributed by atoms with Crippen LogP contribution < -0.4 is 5.32 Å². The van der Waals surface area contributed by atoms with Crippen LogP contribution in [0, 0.1) is 0 Å². The summed E-state index contributed by atoms with van der Waals surface area (Å²) in [6, 6.07) is 14.2. The van der Waals surface area contributed by atoms with E-state index in [0.717, 1.165) is 4.21 Å². The van der Waals surface area contributed by atoms with Gasteiger partial charge in [-0.15, -0.1) is 11.3 Å². The lowest BCUT2D eigenvalue weighted by Crippen LogP contribution is -2.30. The molecule has 0 amide bonds. The molecule has 0 saturated carbocycles. The maximum atomic E-state index is 12.5. The van der Waals surface area contributed by atoms with Crippen molar-refractivity contribution in [2.24, 2.45) is 0 Å². The lowest BCUT2D eigenvalue weighted by atomic mass is 10.0. The van der Waals surface area contributed by atoms with E-state index in [1.807, 2.05) is 49.7 Å². The highest BCUT2D eigenvalue weighted by Crippen LogP contribution is 2.25. The molecule has 18 heavy (non-hydrogen) atoms. The summed E-state index contributed by atoms with van der Waals surface area (Å²) in [6.45, 7) is 2.03. The van der Waals surface area contributed by atoms with Crippen LogP contribution in [0.4, 0.5) is 0 Å². The highest BCUT2D eigenvalue weighted by atomic mass is 32.2. The number of thiophene rings is 1. The topological polar surface area (TPSA) is 29.1 Å². The van der Waals surface area contributed by atoms with Crippen LogP contribution in [0.2, 0.25) is 0 Å². The molecule has 3 unspecified atom stereocenters. The van der Waals surface area contributed by atoms with E-state index in [4.69, 9.17) is 0 Å². The smallest absolute Gasteiger partial charge is 0.0914 e. The SMILES string of the molecule is CNC(c1ccccc1)C(C)S(=O)c1cccs1. The van der Waals surface area contributed by atoms with Gasteiger partial charge in [-0.05, 0) is 31.0 Å². The third kappa shape index (κ3) is 2.88. The van der Waals surface area contributed by atoms with Gasteiger partial charge in [0.25, 0.3) is 0 Å². The average molecular weight is 279 g/mol. The summed E-state index contributed by atoms with van der Waals surface area (Å²) < 4.78 is 13.4. The summed E-state index contributed by atoms with van der Waals surface area (Å²) >= 11 is 1.55. The van der Waals surface area contributed by atoms with Crippen LogP contribution in [-0.4, -0.2) is 16.5 Å². The number of rotatable bonds is 5. The minimum Gasteiger partial charge on any atom is -0.312 e. The van der Waals surface area contributed by atoms with E-state index in [0.29, 0.717) is 0 Å². The molecular formula is C14H17NOS2. The van der Waals surface area contributed by atoms with Gasteiger partial charge in [-0.1, -0.05) is 36.4 Å². The Morgan fingerprint density at radius 2 is 1.89 bits per heavy atom. The third-order valence-electron chi connectivity index (χ3n) is 2.97. The molecule has 0 aliphatic rings. The lowest BCUT2D eigenvalue weighted by molar-refractivity contribution is 0.570. The molecular weight excluding hydrogens is 262 g/mol. The Labute approximate surface area is 115 Å². The van der Waals surface area contributed by atoms with Gasteiger partial charge in [0.05, 0.1) is 20.3 Å². The highest BCUT2D eigenvalue weighted by Gasteiger charge is 2.24. The Morgan fingerprint density at radius 1 is 1.17 bits per heavy atom. The third-order valence-corrected chi connectivity index (χ3v) is 5.89. The molecule has 1 aromatic heterocycles. The van der Waals surface area contributed by atoms with Gasteiger partial charge in [-0.3, -0.25) is 4.21 Å². The molecule has 1 aromatic carbocycles. The van der Waals surface area contributed by atoms with Crippen LogP contribution in [-0.2, 0) is 10.8 Å². The van der Waals surface area contributed by atoms with Crippen LogP contribution in [0.1, 0.15) is 18.5 Å². The van der Waals surface area contributed by atoms with Gasteiger partial charge in [-0.2, -0.15) is 0 Å². The normalized spacial score (nSPS) is 16.1.